The van der Waals surface area contributed by atoms with Crippen LogP contribution in [0.3, 0.4) is 0 Å². The molecule has 6 aromatic rings. The van der Waals surface area contributed by atoms with E-state index in [2.05, 4.69) is 21.5 Å². The fraction of sp³-hybridized carbons (Fsp3) is 0.378. The summed E-state index contributed by atoms with van der Waals surface area (Å²) in [7, 11) is 3.13. The van der Waals surface area contributed by atoms with Crippen LogP contribution in [0, 0.1) is 5.82 Å². The van der Waals surface area contributed by atoms with Crippen molar-refractivity contribution >= 4 is 39.3 Å². The molecule has 0 radical (unpaired) electrons. The van der Waals surface area contributed by atoms with Crippen LogP contribution in [-0.2, 0) is 28.7 Å². The van der Waals surface area contributed by atoms with E-state index in [0.717, 1.165) is 39.8 Å². The van der Waals surface area contributed by atoms with Crippen LogP contribution in [0.25, 0.3) is 32.0 Å². The quantitative estimate of drug-likeness (QED) is 0.117. The number of carbonyl (C=O) groups excluding carboxylic acids is 2. The molecule has 15 heteroatoms. The first-order chi connectivity index (χ1) is 29.0. The molecule has 1 aliphatic carbocycles. The van der Waals surface area contributed by atoms with Gasteiger partial charge in [-0.15, -0.1) is 11.3 Å². The van der Waals surface area contributed by atoms with Crippen molar-refractivity contribution in [2.45, 2.75) is 83.9 Å². The lowest BCUT2D eigenvalue weighted by atomic mass is 9.91. The Bertz CT molecular complexity index is 2550. The van der Waals surface area contributed by atoms with E-state index in [1.807, 2.05) is 45.0 Å². The number of rotatable bonds is 12. The minimum atomic E-state index is -0.753. The number of thiophene rings is 1. The zero-order valence-corrected chi connectivity index (χ0v) is 35.3. The van der Waals surface area contributed by atoms with E-state index in [9.17, 15) is 14.0 Å². The Labute approximate surface area is 351 Å². The normalized spacial score (nSPS) is 16.2. The van der Waals surface area contributed by atoms with Crippen molar-refractivity contribution in [2.24, 2.45) is 0 Å². The van der Waals surface area contributed by atoms with E-state index >= 15 is 0 Å². The number of methoxy groups -OCH3 is 2. The number of esters is 1. The van der Waals surface area contributed by atoms with Crippen LogP contribution in [0.1, 0.15) is 97.5 Å². The molecule has 2 aliphatic rings. The van der Waals surface area contributed by atoms with Crippen LogP contribution in [0.15, 0.2) is 65.3 Å². The van der Waals surface area contributed by atoms with E-state index in [1.54, 1.807) is 37.3 Å². The molecular weight excluding hydrogens is 788 g/mol. The summed E-state index contributed by atoms with van der Waals surface area (Å²) in [6.07, 6.45) is 4.98. The molecule has 1 fully saturated rings. The molecule has 1 N–H and O–H groups in total. The summed E-state index contributed by atoms with van der Waals surface area (Å²) in [5.41, 5.74) is 4.45. The number of amides is 1. The van der Waals surface area contributed by atoms with Crippen LogP contribution in [0.4, 0.5) is 15.0 Å². The topological polar surface area (TPSA) is 151 Å². The number of nitrogens with zero attached hydrogens (tertiary/aromatic N) is 5. The number of fused-ring (bicyclic) bond motifs is 2. The molecule has 2 aromatic carbocycles. The summed E-state index contributed by atoms with van der Waals surface area (Å²) in [6.45, 7) is 7.70. The second-order valence-corrected chi connectivity index (χ2v) is 16.8. The number of pyridine rings is 2. The fourth-order valence-electron chi connectivity index (χ4n) is 8.18. The van der Waals surface area contributed by atoms with Gasteiger partial charge in [0.15, 0.2) is 0 Å². The molecule has 60 heavy (non-hydrogen) atoms. The maximum atomic E-state index is 14.6. The van der Waals surface area contributed by atoms with Crippen LogP contribution < -0.4 is 14.8 Å². The standard InChI is InChI=1S/C45H47FN6O7S/c1-7-57-42(53)37-36(34-24-26-21-22-47-40(39(26)60-34)49-30-20-18-29-28(30)10-8-12-33(29)55-5)35(41-50-43(56-6)51-59-41)31(19-15-25-13-16-27(46)17-14-25)48-38(37)32-11-9-23-52(32)44(54)58-45(2,3)4/h8,10,12-14,16-17,21-22,24,30,32H,7,9,11,15,18-20,23H2,1-6H3,(H,47,49)/t30-,32+/m1/s1. The largest absolute Gasteiger partial charge is 0.496 e. The van der Waals surface area contributed by atoms with Crippen molar-refractivity contribution in [1.82, 2.24) is 25.0 Å². The van der Waals surface area contributed by atoms with Gasteiger partial charge in [0.25, 0.3) is 5.89 Å². The molecule has 1 amide bonds. The molecule has 312 valence electrons. The maximum absolute atomic E-state index is 14.6. The van der Waals surface area contributed by atoms with E-state index in [-0.39, 0.29) is 35.9 Å². The Hall–Kier alpha value is -6.09. The molecule has 1 aliphatic heterocycles. The number of likely N-dealkylation sites (tertiary alicyclic amines) is 1. The SMILES string of the molecule is CCOC(=O)c1c([C@@H]2CCCN2C(=O)OC(C)(C)C)nc(CCc2ccc(F)cc2)c(-c2nc(OC)no2)c1-c1cc2ccnc(N[C@@H]3CCc4c(OC)cccc43)c2s1. The molecule has 2 atom stereocenters. The Balaban J connectivity index is 1.35. The van der Waals surface area contributed by atoms with Gasteiger partial charge in [-0.2, -0.15) is 4.98 Å². The average molecular weight is 835 g/mol. The zero-order chi connectivity index (χ0) is 42.1. The Morgan fingerprint density at radius 1 is 1.02 bits per heavy atom. The molecule has 1 saturated heterocycles. The minimum absolute atomic E-state index is 0.00191. The van der Waals surface area contributed by atoms with Gasteiger partial charge in [0.2, 0.25) is 0 Å². The Kier molecular flexibility index (Phi) is 11.4. The van der Waals surface area contributed by atoms with Gasteiger partial charge in [-0.3, -0.25) is 9.88 Å². The lowest BCUT2D eigenvalue weighted by Gasteiger charge is -2.30. The highest BCUT2D eigenvalue weighted by Gasteiger charge is 2.40. The van der Waals surface area contributed by atoms with Crippen molar-refractivity contribution < 1.29 is 37.5 Å². The van der Waals surface area contributed by atoms with E-state index in [1.165, 1.54) is 36.1 Å². The van der Waals surface area contributed by atoms with Crippen molar-refractivity contribution in [3.63, 3.8) is 0 Å². The van der Waals surface area contributed by atoms with Gasteiger partial charge in [-0.25, -0.2) is 19.0 Å². The van der Waals surface area contributed by atoms with Gasteiger partial charge in [-0.1, -0.05) is 24.3 Å². The predicted molar refractivity (Wildman–Crippen MR) is 225 cm³/mol. The zero-order valence-electron chi connectivity index (χ0n) is 34.5. The van der Waals surface area contributed by atoms with Gasteiger partial charge in [0.1, 0.15) is 23.0 Å². The molecule has 5 heterocycles. The summed E-state index contributed by atoms with van der Waals surface area (Å²) in [5, 5.41) is 8.66. The van der Waals surface area contributed by atoms with Gasteiger partial charge < -0.3 is 28.8 Å². The number of hydrogen-bond donors (Lipinski definition) is 1. The monoisotopic (exact) mass is 834 g/mol. The first-order valence-electron chi connectivity index (χ1n) is 20.1. The predicted octanol–water partition coefficient (Wildman–Crippen LogP) is 9.70. The highest BCUT2D eigenvalue weighted by molar-refractivity contribution is 7.23. The third-order valence-corrected chi connectivity index (χ3v) is 12.0. The third kappa shape index (κ3) is 8.10. The van der Waals surface area contributed by atoms with Crippen molar-refractivity contribution in [1.29, 1.82) is 0 Å². The summed E-state index contributed by atoms with van der Waals surface area (Å²) in [5.74, 6) is 0.693. The molecule has 4 aromatic heterocycles. The molecule has 0 bridgehead atoms. The highest BCUT2D eigenvalue weighted by atomic mass is 32.1. The summed E-state index contributed by atoms with van der Waals surface area (Å²) in [6, 6.07) is 15.7. The molecule has 0 saturated carbocycles. The van der Waals surface area contributed by atoms with Crippen molar-refractivity contribution in [3.05, 3.63) is 100 Å². The van der Waals surface area contributed by atoms with Gasteiger partial charge in [-0.05, 0) is 124 Å². The van der Waals surface area contributed by atoms with E-state index < -0.39 is 23.7 Å². The maximum Gasteiger partial charge on any atom is 0.410 e. The molecule has 8 rings (SSSR count). The number of halogens is 1. The molecule has 0 spiro atoms. The summed E-state index contributed by atoms with van der Waals surface area (Å²) >= 11 is 1.46. The van der Waals surface area contributed by atoms with Gasteiger partial charge in [0.05, 0.1) is 60.1 Å². The smallest absolute Gasteiger partial charge is 0.410 e. The third-order valence-electron chi connectivity index (χ3n) is 10.8. The number of nitrogens with one attached hydrogen (secondary N) is 1. The molecule has 13 nitrogen and oxygen atoms in total. The number of carbonyl (C=O) groups is 2. The first kappa shape index (κ1) is 40.7. The number of anilines is 1. The average Bonchev–Trinajstić information content (AvgIpc) is 4.06. The van der Waals surface area contributed by atoms with Crippen LogP contribution in [-0.4, -0.2) is 70.0 Å². The first-order valence-corrected chi connectivity index (χ1v) is 20.9. The minimum Gasteiger partial charge on any atom is -0.496 e. The van der Waals surface area contributed by atoms with Crippen LogP contribution in [0.2, 0.25) is 0 Å². The Morgan fingerprint density at radius 3 is 2.57 bits per heavy atom. The van der Waals surface area contributed by atoms with E-state index in [0.29, 0.717) is 65.4 Å². The number of hydrogen-bond acceptors (Lipinski definition) is 13. The Morgan fingerprint density at radius 2 is 1.83 bits per heavy atom. The molecule has 0 unspecified atom stereocenters. The van der Waals surface area contributed by atoms with Gasteiger partial charge >= 0.3 is 18.1 Å². The van der Waals surface area contributed by atoms with Crippen LogP contribution in [0.5, 0.6) is 11.8 Å². The van der Waals surface area contributed by atoms with E-state index in [4.69, 9.17) is 33.4 Å². The summed E-state index contributed by atoms with van der Waals surface area (Å²) in [4.78, 5) is 45.5. The van der Waals surface area contributed by atoms with Crippen molar-refractivity contribution in [3.8, 4) is 33.7 Å². The summed E-state index contributed by atoms with van der Waals surface area (Å²) < 4.78 is 43.5. The second-order valence-electron chi connectivity index (χ2n) is 15.8. The lowest BCUT2D eigenvalue weighted by molar-refractivity contribution is 0.0217. The number of aromatic nitrogens is 4. The second kappa shape index (κ2) is 16.9. The molecular formula is C45H47FN6O7S. The highest BCUT2D eigenvalue weighted by Crippen LogP contribution is 2.48. The van der Waals surface area contributed by atoms with Crippen LogP contribution >= 0.6 is 11.3 Å². The number of benzene rings is 2. The van der Waals surface area contributed by atoms with Gasteiger partial charge in [0, 0.05) is 23.2 Å². The fourth-order valence-corrected chi connectivity index (χ4v) is 9.34. The van der Waals surface area contributed by atoms with Crippen molar-refractivity contribution in [2.75, 3.05) is 32.7 Å². The number of ether oxygens (including phenoxy) is 4. The number of aryl methyl sites for hydroxylation is 2. The lowest BCUT2D eigenvalue weighted by Crippen LogP contribution is -2.37.